The summed E-state index contributed by atoms with van der Waals surface area (Å²) in [5, 5.41) is 6.14. The summed E-state index contributed by atoms with van der Waals surface area (Å²) in [6, 6.07) is 2.95. The van der Waals surface area contributed by atoms with Crippen LogP contribution in [-0.4, -0.2) is 51.5 Å². The molecule has 1 rings (SSSR count). The zero-order valence-corrected chi connectivity index (χ0v) is 15.3. The number of hydrogen-bond donors (Lipinski definition) is 2. The van der Waals surface area contributed by atoms with E-state index in [9.17, 15) is 4.39 Å². The van der Waals surface area contributed by atoms with Gasteiger partial charge in [0.05, 0.1) is 25.5 Å². The van der Waals surface area contributed by atoms with Gasteiger partial charge in [-0.25, -0.2) is 4.39 Å². The number of halogens is 2. The number of nitrogens with zero attached hydrogens (tertiary/aromatic N) is 2. The van der Waals surface area contributed by atoms with Crippen molar-refractivity contribution in [3.63, 3.8) is 0 Å². The number of hydrogen-bond acceptors (Lipinski definition) is 4. The van der Waals surface area contributed by atoms with Crippen LogP contribution in [0.15, 0.2) is 23.3 Å². The van der Waals surface area contributed by atoms with Crippen molar-refractivity contribution in [1.82, 2.24) is 15.6 Å². The molecule has 0 aromatic carbocycles. The second-order valence-corrected chi connectivity index (χ2v) is 4.24. The summed E-state index contributed by atoms with van der Waals surface area (Å²) < 4.78 is 23.6. The average Bonchev–Trinajstić information content (AvgIpc) is 2.51. The smallest absolute Gasteiger partial charge is 0.191 e. The largest absolute Gasteiger partial charge is 0.382 e. The molecule has 0 bridgehead atoms. The number of aliphatic imine (C=N–C) groups is 1. The summed E-state index contributed by atoms with van der Waals surface area (Å²) >= 11 is 0. The van der Waals surface area contributed by atoms with E-state index in [-0.39, 0.29) is 36.3 Å². The van der Waals surface area contributed by atoms with Crippen LogP contribution in [-0.2, 0) is 16.0 Å². The fraction of sp³-hybridized carbons (Fsp3) is 0.571. The highest BCUT2D eigenvalue weighted by molar-refractivity contribution is 14.0. The minimum absolute atomic E-state index is 0. The van der Waals surface area contributed by atoms with Crippen LogP contribution in [0.1, 0.15) is 12.1 Å². The molecule has 1 heterocycles. The van der Waals surface area contributed by atoms with Gasteiger partial charge < -0.3 is 20.1 Å². The maximum atomic E-state index is 13.4. The van der Waals surface area contributed by atoms with Crippen molar-refractivity contribution >= 4 is 29.9 Å². The summed E-state index contributed by atoms with van der Waals surface area (Å²) in [4.78, 5) is 8.03. The summed E-state index contributed by atoms with van der Waals surface area (Å²) in [7, 11) is 3.31. The molecule has 0 saturated heterocycles. The monoisotopic (exact) mass is 426 g/mol. The zero-order valence-electron chi connectivity index (χ0n) is 13.0. The van der Waals surface area contributed by atoms with Crippen molar-refractivity contribution in [2.24, 2.45) is 4.99 Å². The Balaban J connectivity index is 0.00000441. The molecule has 6 nitrogen and oxygen atoms in total. The number of pyridine rings is 1. The van der Waals surface area contributed by atoms with E-state index in [0.29, 0.717) is 31.5 Å². The molecule has 0 saturated carbocycles. The standard InChI is InChI=1S/C14H23FN4O2.HI/c1-16-14(18-7-4-8-21-10-9-20-2)19-11-13-12(15)5-3-6-17-13;/h3,5-6H,4,7-11H2,1-2H3,(H2,16,18,19);1H. The van der Waals surface area contributed by atoms with Gasteiger partial charge in [0.25, 0.3) is 0 Å². The normalized spacial score (nSPS) is 11.0. The molecular weight excluding hydrogens is 402 g/mol. The molecular formula is C14H24FIN4O2. The van der Waals surface area contributed by atoms with E-state index in [4.69, 9.17) is 9.47 Å². The van der Waals surface area contributed by atoms with Gasteiger partial charge in [-0.15, -0.1) is 24.0 Å². The van der Waals surface area contributed by atoms with Crippen molar-refractivity contribution in [3.8, 4) is 0 Å². The van der Waals surface area contributed by atoms with E-state index in [1.54, 1.807) is 26.4 Å². The van der Waals surface area contributed by atoms with Gasteiger partial charge in [0.15, 0.2) is 5.96 Å². The summed E-state index contributed by atoms with van der Waals surface area (Å²) in [6.07, 6.45) is 2.41. The molecule has 0 fully saturated rings. The van der Waals surface area contributed by atoms with Crippen LogP contribution in [0.4, 0.5) is 4.39 Å². The lowest BCUT2D eigenvalue weighted by Gasteiger charge is -2.12. The Bertz CT molecular complexity index is 435. The Morgan fingerprint density at radius 1 is 1.32 bits per heavy atom. The van der Waals surface area contributed by atoms with Crippen LogP contribution < -0.4 is 10.6 Å². The van der Waals surface area contributed by atoms with E-state index in [2.05, 4.69) is 20.6 Å². The lowest BCUT2D eigenvalue weighted by molar-refractivity contribution is 0.0698. The third-order valence-corrected chi connectivity index (χ3v) is 2.67. The van der Waals surface area contributed by atoms with Crippen molar-refractivity contribution in [2.45, 2.75) is 13.0 Å². The number of nitrogens with one attached hydrogen (secondary N) is 2. The van der Waals surface area contributed by atoms with Crippen LogP contribution in [0.25, 0.3) is 0 Å². The van der Waals surface area contributed by atoms with Gasteiger partial charge in [-0.1, -0.05) is 0 Å². The van der Waals surface area contributed by atoms with Gasteiger partial charge in [-0.3, -0.25) is 9.98 Å². The molecule has 1 aromatic heterocycles. The number of rotatable bonds is 9. The number of guanidine groups is 1. The van der Waals surface area contributed by atoms with Crippen molar-refractivity contribution in [1.29, 1.82) is 0 Å². The molecule has 0 aliphatic rings. The maximum Gasteiger partial charge on any atom is 0.191 e. The Hall–Kier alpha value is -1.000. The van der Waals surface area contributed by atoms with E-state index in [1.165, 1.54) is 6.07 Å². The van der Waals surface area contributed by atoms with Gasteiger partial charge in [-0.05, 0) is 18.6 Å². The molecule has 2 N–H and O–H groups in total. The fourth-order valence-electron chi connectivity index (χ4n) is 1.56. The van der Waals surface area contributed by atoms with Gasteiger partial charge in [0.1, 0.15) is 5.82 Å². The summed E-state index contributed by atoms with van der Waals surface area (Å²) in [5.41, 5.74) is 0.364. The predicted octanol–water partition coefficient (Wildman–Crippen LogP) is 1.56. The highest BCUT2D eigenvalue weighted by Gasteiger charge is 2.03. The molecule has 126 valence electrons. The average molecular weight is 426 g/mol. The first kappa shape index (κ1) is 21.0. The highest BCUT2D eigenvalue weighted by Crippen LogP contribution is 2.01. The van der Waals surface area contributed by atoms with E-state index >= 15 is 0 Å². The Kier molecular flexibility index (Phi) is 13.0. The third kappa shape index (κ3) is 9.11. The lowest BCUT2D eigenvalue weighted by atomic mass is 10.3. The molecule has 0 amide bonds. The molecule has 0 atom stereocenters. The molecule has 8 heteroatoms. The SMILES string of the molecule is CN=C(NCCCOCCOC)NCc1ncccc1F.I. The lowest BCUT2D eigenvalue weighted by Crippen LogP contribution is -2.38. The van der Waals surface area contributed by atoms with Gasteiger partial charge in [0.2, 0.25) is 0 Å². The quantitative estimate of drug-likeness (QED) is 0.272. The second-order valence-electron chi connectivity index (χ2n) is 4.24. The number of methoxy groups -OCH3 is 1. The topological polar surface area (TPSA) is 67.8 Å². The van der Waals surface area contributed by atoms with Crippen LogP contribution in [0.2, 0.25) is 0 Å². The number of ether oxygens (including phenoxy) is 2. The van der Waals surface area contributed by atoms with Crippen molar-refractivity contribution in [2.75, 3.05) is 40.5 Å². The zero-order chi connectivity index (χ0) is 15.3. The molecule has 0 spiro atoms. The van der Waals surface area contributed by atoms with Gasteiger partial charge >= 0.3 is 0 Å². The van der Waals surface area contributed by atoms with E-state index in [1.807, 2.05) is 0 Å². The predicted molar refractivity (Wildman–Crippen MR) is 95.1 cm³/mol. The van der Waals surface area contributed by atoms with E-state index in [0.717, 1.165) is 13.0 Å². The minimum atomic E-state index is -0.327. The summed E-state index contributed by atoms with van der Waals surface area (Å²) in [5.74, 6) is 0.281. The summed E-state index contributed by atoms with van der Waals surface area (Å²) in [6.45, 7) is 2.87. The molecule has 0 unspecified atom stereocenters. The van der Waals surface area contributed by atoms with Crippen LogP contribution >= 0.6 is 24.0 Å². The van der Waals surface area contributed by atoms with Crippen LogP contribution in [0.3, 0.4) is 0 Å². The molecule has 0 aliphatic heterocycles. The third-order valence-electron chi connectivity index (χ3n) is 2.67. The maximum absolute atomic E-state index is 13.4. The Morgan fingerprint density at radius 3 is 2.82 bits per heavy atom. The molecule has 22 heavy (non-hydrogen) atoms. The minimum Gasteiger partial charge on any atom is -0.382 e. The number of aromatic nitrogens is 1. The molecule has 0 radical (unpaired) electrons. The van der Waals surface area contributed by atoms with Gasteiger partial charge in [-0.2, -0.15) is 0 Å². The molecule has 1 aromatic rings. The second kappa shape index (κ2) is 13.6. The first-order chi connectivity index (χ1) is 10.3. The Labute approximate surface area is 147 Å². The van der Waals surface area contributed by atoms with Crippen molar-refractivity contribution < 1.29 is 13.9 Å². The molecule has 0 aliphatic carbocycles. The Morgan fingerprint density at radius 2 is 2.14 bits per heavy atom. The fourth-order valence-corrected chi connectivity index (χ4v) is 1.56. The van der Waals surface area contributed by atoms with Crippen molar-refractivity contribution in [3.05, 3.63) is 29.8 Å². The first-order valence-corrected chi connectivity index (χ1v) is 6.88. The first-order valence-electron chi connectivity index (χ1n) is 6.88. The van der Waals surface area contributed by atoms with Gasteiger partial charge in [0, 0.05) is 33.5 Å². The van der Waals surface area contributed by atoms with E-state index < -0.39 is 0 Å². The van der Waals surface area contributed by atoms with Crippen LogP contribution in [0, 0.1) is 5.82 Å². The highest BCUT2D eigenvalue weighted by atomic mass is 127. The van der Waals surface area contributed by atoms with Crippen LogP contribution in [0.5, 0.6) is 0 Å².